The predicted octanol–water partition coefficient (Wildman–Crippen LogP) is 2.74. The topological polar surface area (TPSA) is 60.9 Å². The fourth-order valence-electron chi connectivity index (χ4n) is 2.38. The van der Waals surface area contributed by atoms with Gasteiger partial charge in [-0.1, -0.05) is 13.8 Å². The summed E-state index contributed by atoms with van der Waals surface area (Å²) >= 11 is 0. The summed E-state index contributed by atoms with van der Waals surface area (Å²) in [6.07, 6.45) is 2.19. The van der Waals surface area contributed by atoms with Gasteiger partial charge in [-0.05, 0) is 33.6 Å². The molecule has 1 amide bonds. The number of amides is 1. The van der Waals surface area contributed by atoms with E-state index in [1.807, 2.05) is 10.3 Å². The molecule has 1 aromatic heterocycles. The molecule has 0 saturated heterocycles. The summed E-state index contributed by atoms with van der Waals surface area (Å²) < 4.78 is 9.19. The molecule has 0 aromatic carbocycles. The zero-order valence-electron chi connectivity index (χ0n) is 12.9. The third kappa shape index (κ3) is 2.16. The highest BCUT2D eigenvalue weighted by Crippen LogP contribution is 2.43. The molecule has 1 aliphatic carbocycles. The minimum atomic E-state index is -0.351. The smallest absolute Gasteiger partial charge is 0.267 e. The normalized spacial score (nSPS) is 16.9. The Hall–Kier alpha value is -1.32. The highest BCUT2D eigenvalue weighted by atomic mass is 16.1. The van der Waals surface area contributed by atoms with E-state index >= 15 is 0 Å². The quantitative estimate of drug-likeness (QED) is 0.896. The average Bonchev–Trinajstić information content (AvgIpc) is 3.05. The minimum Gasteiger partial charge on any atom is -0.364 e. The number of aromatic nitrogens is 2. The number of carbonyl (C=O) groups excluding carboxylic acids is 1. The summed E-state index contributed by atoms with van der Waals surface area (Å²) in [4.78, 5) is 16.8. The molecule has 0 aliphatic heterocycles. The lowest BCUT2D eigenvalue weighted by molar-refractivity contribution is 0.0984. The van der Waals surface area contributed by atoms with Gasteiger partial charge in [0.15, 0.2) is 1.41 Å². The second-order valence-electron chi connectivity index (χ2n) is 6.47. The molecule has 1 aromatic rings. The van der Waals surface area contributed by atoms with Crippen LogP contribution < -0.4 is 5.73 Å². The van der Waals surface area contributed by atoms with E-state index in [1.165, 1.54) is 0 Å². The lowest BCUT2D eigenvalue weighted by Gasteiger charge is -2.26. The van der Waals surface area contributed by atoms with Crippen LogP contribution in [0, 0.1) is 0 Å². The van der Waals surface area contributed by atoms with Crippen molar-refractivity contribution in [2.45, 2.75) is 64.8 Å². The van der Waals surface area contributed by atoms with Gasteiger partial charge >= 0.3 is 0 Å². The fraction of sp³-hybridized carbons (Fsp3) is 0.714. The SMILES string of the molecule is [2H]NC(=O)c1c(C2CC2)nc(C(C)C)n1C(C)(C)C. The average molecular weight is 250 g/mol. The number of carbonyl (C=O) groups is 1. The van der Waals surface area contributed by atoms with Gasteiger partial charge in [-0.25, -0.2) is 4.98 Å². The van der Waals surface area contributed by atoms with E-state index in [-0.39, 0.29) is 17.4 Å². The monoisotopic (exact) mass is 250 g/mol. The highest BCUT2D eigenvalue weighted by Gasteiger charge is 2.36. The molecular formula is C14H23N3O. The number of hydrogen-bond acceptors (Lipinski definition) is 2. The number of imidazole rings is 1. The van der Waals surface area contributed by atoms with Crippen LogP contribution in [0.2, 0.25) is 1.41 Å². The first-order chi connectivity index (χ1) is 8.77. The molecule has 18 heavy (non-hydrogen) atoms. The van der Waals surface area contributed by atoms with Gasteiger partial charge in [-0.15, -0.1) is 0 Å². The van der Waals surface area contributed by atoms with E-state index < -0.39 is 0 Å². The second kappa shape index (κ2) is 4.11. The van der Waals surface area contributed by atoms with E-state index in [0.717, 1.165) is 24.4 Å². The van der Waals surface area contributed by atoms with Crippen molar-refractivity contribution in [3.63, 3.8) is 0 Å². The maximum atomic E-state index is 12.1. The summed E-state index contributed by atoms with van der Waals surface area (Å²) in [7, 11) is 0. The first kappa shape index (κ1) is 11.8. The maximum absolute atomic E-state index is 12.1. The first-order valence-corrected chi connectivity index (χ1v) is 6.62. The van der Waals surface area contributed by atoms with Crippen LogP contribution in [0.3, 0.4) is 0 Å². The van der Waals surface area contributed by atoms with Gasteiger partial charge in [-0.2, -0.15) is 0 Å². The molecular weight excluding hydrogens is 226 g/mol. The lowest BCUT2D eigenvalue weighted by atomic mass is 10.1. The van der Waals surface area contributed by atoms with Crippen molar-refractivity contribution in [1.29, 1.82) is 0 Å². The van der Waals surface area contributed by atoms with Gasteiger partial charge in [0.2, 0.25) is 0 Å². The van der Waals surface area contributed by atoms with Gasteiger partial charge in [-0.3, -0.25) is 4.79 Å². The van der Waals surface area contributed by atoms with Crippen molar-refractivity contribution in [1.82, 2.24) is 9.55 Å². The van der Waals surface area contributed by atoms with Crippen LogP contribution in [0.25, 0.3) is 0 Å². The van der Waals surface area contributed by atoms with E-state index in [4.69, 9.17) is 6.40 Å². The Kier molecular flexibility index (Phi) is 2.68. The Balaban J connectivity index is 2.67. The molecule has 0 unspecified atom stereocenters. The van der Waals surface area contributed by atoms with E-state index in [1.54, 1.807) is 0 Å². The molecule has 1 saturated carbocycles. The Morgan fingerprint density at radius 1 is 1.50 bits per heavy atom. The van der Waals surface area contributed by atoms with Crippen LogP contribution in [-0.4, -0.2) is 15.5 Å². The molecule has 1 aliphatic rings. The Labute approximate surface area is 110 Å². The Bertz CT molecular complexity index is 496. The van der Waals surface area contributed by atoms with Crippen LogP contribution in [0.1, 0.15) is 81.3 Å². The molecule has 100 valence electrons. The van der Waals surface area contributed by atoms with Crippen molar-refractivity contribution in [3.8, 4) is 0 Å². The molecule has 0 atom stereocenters. The molecule has 0 radical (unpaired) electrons. The largest absolute Gasteiger partial charge is 0.364 e. The van der Waals surface area contributed by atoms with Crippen LogP contribution in [-0.2, 0) is 5.54 Å². The summed E-state index contributed by atoms with van der Waals surface area (Å²) in [5.41, 5.74) is 3.25. The van der Waals surface area contributed by atoms with Gasteiger partial charge in [0, 0.05) is 17.4 Å². The van der Waals surface area contributed by atoms with Gasteiger partial charge in [0.1, 0.15) is 11.5 Å². The summed E-state index contributed by atoms with van der Waals surface area (Å²) in [6, 6.07) is 0. The molecule has 4 heteroatoms. The predicted molar refractivity (Wildman–Crippen MR) is 71.8 cm³/mol. The molecule has 2 N–H and O–H groups in total. The second-order valence-corrected chi connectivity index (χ2v) is 6.47. The first-order valence-electron chi connectivity index (χ1n) is 7.12. The third-order valence-corrected chi connectivity index (χ3v) is 3.30. The molecule has 4 nitrogen and oxygen atoms in total. The van der Waals surface area contributed by atoms with Crippen molar-refractivity contribution in [2.24, 2.45) is 5.73 Å². The van der Waals surface area contributed by atoms with Crippen molar-refractivity contribution in [2.75, 3.05) is 0 Å². The molecule has 1 fully saturated rings. The van der Waals surface area contributed by atoms with Crippen molar-refractivity contribution in [3.05, 3.63) is 17.2 Å². The van der Waals surface area contributed by atoms with Gasteiger partial charge < -0.3 is 10.3 Å². The standard InChI is InChI=1S/C14H23N3O/c1-8(2)13-16-10(9-6-7-9)11(12(15)18)17(13)14(3,4)5/h8-9H,6-7H2,1-5H3,(H2,15,18)/i/hD. The van der Waals surface area contributed by atoms with Gasteiger partial charge in [0.05, 0.1) is 5.69 Å². The number of primary amides is 1. The fourth-order valence-corrected chi connectivity index (χ4v) is 2.38. The number of nitrogens with two attached hydrogens (primary N) is 1. The van der Waals surface area contributed by atoms with E-state index in [9.17, 15) is 4.79 Å². The number of nitrogens with zero attached hydrogens (tertiary/aromatic N) is 2. The molecule has 1 heterocycles. The number of rotatable bonds is 3. The molecule has 0 spiro atoms. The summed E-state index contributed by atoms with van der Waals surface area (Å²) in [5, 5.41) is 0. The Morgan fingerprint density at radius 2 is 2.11 bits per heavy atom. The van der Waals surface area contributed by atoms with Crippen molar-refractivity contribution < 1.29 is 6.21 Å². The van der Waals surface area contributed by atoms with Crippen LogP contribution in [0.4, 0.5) is 0 Å². The van der Waals surface area contributed by atoms with Crippen LogP contribution >= 0.6 is 0 Å². The zero-order chi connectivity index (χ0) is 14.4. The van der Waals surface area contributed by atoms with Crippen LogP contribution in [0.15, 0.2) is 0 Å². The number of hydrogen-bond donors (Lipinski definition) is 1. The summed E-state index contributed by atoms with van der Waals surface area (Å²) in [5.74, 6) is 1.24. The van der Waals surface area contributed by atoms with Crippen molar-refractivity contribution >= 4 is 5.91 Å². The molecule has 0 bridgehead atoms. The zero-order valence-corrected chi connectivity index (χ0v) is 11.9. The minimum absolute atomic E-state index is 0.221. The van der Waals surface area contributed by atoms with Gasteiger partial charge in [0.25, 0.3) is 5.91 Å². The van der Waals surface area contributed by atoms with E-state index in [2.05, 4.69) is 34.6 Å². The van der Waals surface area contributed by atoms with Crippen LogP contribution in [0.5, 0.6) is 0 Å². The third-order valence-electron chi connectivity index (χ3n) is 3.30. The lowest BCUT2D eigenvalue weighted by Crippen LogP contribution is -2.30. The van der Waals surface area contributed by atoms with E-state index in [0.29, 0.717) is 11.6 Å². The maximum Gasteiger partial charge on any atom is 0.267 e. The molecule has 2 rings (SSSR count). The summed E-state index contributed by atoms with van der Waals surface area (Å²) in [6.45, 7) is 10.4. The highest BCUT2D eigenvalue weighted by molar-refractivity contribution is 5.93. The Morgan fingerprint density at radius 3 is 2.50 bits per heavy atom.